The minimum absolute atomic E-state index is 0.0728. The lowest BCUT2D eigenvalue weighted by Gasteiger charge is -2.36. The average Bonchev–Trinajstić information content (AvgIpc) is 2.65. The van der Waals surface area contributed by atoms with E-state index < -0.39 is 8.32 Å². The summed E-state index contributed by atoms with van der Waals surface area (Å²) in [6.07, 6.45) is 5.13. The van der Waals surface area contributed by atoms with Crippen LogP contribution in [-0.4, -0.2) is 34.5 Å². The maximum Gasteiger partial charge on any atom is 0.305 e. The second-order valence-electron chi connectivity index (χ2n) is 9.66. The smallest absolute Gasteiger partial charge is 0.305 e. The molecule has 1 N–H and O–H groups in total. The summed E-state index contributed by atoms with van der Waals surface area (Å²) < 4.78 is 11.0. The number of anilines is 1. The van der Waals surface area contributed by atoms with Gasteiger partial charge in [-0.05, 0) is 73.3 Å². The van der Waals surface area contributed by atoms with Gasteiger partial charge in [0.2, 0.25) is 0 Å². The third kappa shape index (κ3) is 6.63. The first-order valence-electron chi connectivity index (χ1n) is 10.7. The van der Waals surface area contributed by atoms with Crippen LogP contribution in [-0.2, 0) is 14.0 Å². The fourth-order valence-corrected chi connectivity index (χ4v) is 4.66. The van der Waals surface area contributed by atoms with Gasteiger partial charge in [0.15, 0.2) is 8.32 Å². The molecule has 5 heteroatoms. The Hall–Kier alpha value is -1.33. The summed E-state index contributed by atoms with van der Waals surface area (Å²) in [5, 5.41) is 3.73. The molecule has 0 unspecified atom stereocenters. The second-order valence-corrected chi connectivity index (χ2v) is 14.5. The van der Waals surface area contributed by atoms with E-state index >= 15 is 0 Å². The van der Waals surface area contributed by atoms with E-state index in [2.05, 4.69) is 63.4 Å². The van der Waals surface area contributed by atoms with Crippen LogP contribution in [0.1, 0.15) is 64.4 Å². The van der Waals surface area contributed by atoms with Gasteiger partial charge < -0.3 is 14.5 Å². The van der Waals surface area contributed by atoms with Gasteiger partial charge in [0, 0.05) is 18.7 Å². The van der Waals surface area contributed by atoms with Crippen molar-refractivity contribution in [3.8, 4) is 0 Å². The van der Waals surface area contributed by atoms with Crippen molar-refractivity contribution < 1.29 is 14.0 Å². The van der Waals surface area contributed by atoms with Crippen LogP contribution in [0.2, 0.25) is 18.1 Å². The number of carbonyl (C=O) groups is 1. The lowest BCUT2D eigenvalue weighted by Crippen LogP contribution is -2.41. The van der Waals surface area contributed by atoms with Crippen molar-refractivity contribution in [3.05, 3.63) is 29.8 Å². The van der Waals surface area contributed by atoms with Crippen molar-refractivity contribution in [2.45, 2.75) is 76.9 Å². The molecule has 0 amide bonds. The quantitative estimate of drug-likeness (QED) is 0.329. The number of hydrogen-bond donors (Lipinski definition) is 1. The van der Waals surface area contributed by atoms with Gasteiger partial charge in [-0.2, -0.15) is 0 Å². The van der Waals surface area contributed by atoms with Gasteiger partial charge >= 0.3 is 5.97 Å². The maximum atomic E-state index is 11.4. The lowest BCUT2D eigenvalue weighted by atomic mass is 9.77. The molecule has 0 spiro atoms. The van der Waals surface area contributed by atoms with Gasteiger partial charge in [-0.25, -0.2) is 0 Å². The third-order valence-electron chi connectivity index (χ3n) is 6.61. The van der Waals surface area contributed by atoms with E-state index in [4.69, 9.17) is 9.16 Å². The first kappa shape index (κ1) is 23.0. The van der Waals surface area contributed by atoms with Crippen LogP contribution in [0.4, 0.5) is 5.69 Å². The molecule has 1 aliphatic rings. The SMILES string of the molecule is COC(=O)C[C@H]1CC[C@H](c2ccc(NCCO[Si](C)(C)C(C)(C)C)cc2)CC1. The van der Waals surface area contributed by atoms with Crippen LogP contribution in [0, 0.1) is 5.92 Å². The van der Waals surface area contributed by atoms with Gasteiger partial charge in [0.05, 0.1) is 13.7 Å². The van der Waals surface area contributed by atoms with Crippen molar-refractivity contribution >= 4 is 20.0 Å². The van der Waals surface area contributed by atoms with Gasteiger partial charge in [-0.3, -0.25) is 4.79 Å². The molecule has 1 fully saturated rings. The van der Waals surface area contributed by atoms with Crippen molar-refractivity contribution in [2.75, 3.05) is 25.6 Å². The maximum absolute atomic E-state index is 11.4. The highest BCUT2D eigenvalue weighted by molar-refractivity contribution is 6.74. The lowest BCUT2D eigenvalue weighted by molar-refractivity contribution is -0.142. The number of benzene rings is 1. The number of rotatable bonds is 8. The third-order valence-corrected chi connectivity index (χ3v) is 11.2. The zero-order chi connectivity index (χ0) is 20.8. The Kier molecular flexibility index (Phi) is 8.14. The topological polar surface area (TPSA) is 47.6 Å². The van der Waals surface area contributed by atoms with Gasteiger partial charge in [-0.15, -0.1) is 0 Å². The Balaban J connectivity index is 1.74. The van der Waals surface area contributed by atoms with E-state index in [0.29, 0.717) is 18.3 Å². The second kappa shape index (κ2) is 9.93. The zero-order valence-electron chi connectivity index (χ0n) is 18.6. The highest BCUT2D eigenvalue weighted by atomic mass is 28.4. The number of methoxy groups -OCH3 is 1. The average molecular weight is 406 g/mol. The zero-order valence-corrected chi connectivity index (χ0v) is 19.6. The molecule has 0 aliphatic heterocycles. The van der Waals surface area contributed by atoms with E-state index in [9.17, 15) is 4.79 Å². The highest BCUT2D eigenvalue weighted by Gasteiger charge is 2.36. The Bertz CT molecular complexity index is 614. The summed E-state index contributed by atoms with van der Waals surface area (Å²) in [6.45, 7) is 13.0. The Morgan fingerprint density at radius 2 is 1.71 bits per heavy atom. The molecular weight excluding hydrogens is 366 g/mol. The fourth-order valence-electron chi connectivity index (χ4n) is 3.61. The van der Waals surface area contributed by atoms with E-state index in [1.54, 1.807) is 0 Å². The molecule has 4 nitrogen and oxygen atoms in total. The largest absolute Gasteiger partial charge is 0.469 e. The summed E-state index contributed by atoms with van der Waals surface area (Å²) in [5.41, 5.74) is 2.57. The van der Waals surface area contributed by atoms with Gasteiger partial charge in [-0.1, -0.05) is 32.9 Å². The minimum atomic E-state index is -1.66. The molecule has 0 atom stereocenters. The van der Waals surface area contributed by atoms with E-state index in [0.717, 1.165) is 44.5 Å². The van der Waals surface area contributed by atoms with Crippen LogP contribution in [0.15, 0.2) is 24.3 Å². The molecule has 0 aromatic heterocycles. The van der Waals surface area contributed by atoms with Gasteiger partial charge in [0.1, 0.15) is 0 Å². The molecule has 1 aromatic rings. The molecule has 1 saturated carbocycles. The van der Waals surface area contributed by atoms with Gasteiger partial charge in [0.25, 0.3) is 0 Å². The van der Waals surface area contributed by atoms with Crippen molar-refractivity contribution in [1.82, 2.24) is 0 Å². The summed E-state index contributed by atoms with van der Waals surface area (Å²) in [6, 6.07) is 8.87. The Labute approximate surface area is 172 Å². The summed E-state index contributed by atoms with van der Waals surface area (Å²) in [7, 11) is -0.187. The molecule has 2 rings (SSSR count). The number of esters is 1. The van der Waals surface area contributed by atoms with Crippen molar-refractivity contribution in [3.63, 3.8) is 0 Å². The highest BCUT2D eigenvalue weighted by Crippen LogP contribution is 2.38. The summed E-state index contributed by atoms with van der Waals surface area (Å²) >= 11 is 0. The standard InChI is InChI=1S/C23H39NO3Si/c1-23(2,3)28(5,6)27-16-15-24-21-13-11-20(12-14-21)19-9-7-18(8-10-19)17-22(25)26-4/h11-14,18-19,24H,7-10,15-17H2,1-6H3/t18-,19-. The predicted molar refractivity (Wildman–Crippen MR) is 119 cm³/mol. The predicted octanol–water partition coefficient (Wildman–Crippen LogP) is 5.96. The molecule has 0 radical (unpaired) electrons. The molecule has 0 heterocycles. The minimum Gasteiger partial charge on any atom is -0.469 e. The van der Waals surface area contributed by atoms with Crippen LogP contribution in [0.25, 0.3) is 0 Å². The van der Waals surface area contributed by atoms with Crippen LogP contribution >= 0.6 is 0 Å². The van der Waals surface area contributed by atoms with Crippen LogP contribution in [0.3, 0.4) is 0 Å². The van der Waals surface area contributed by atoms with Crippen LogP contribution < -0.4 is 5.32 Å². The summed E-state index contributed by atoms with van der Waals surface area (Å²) in [5.74, 6) is 1.03. The number of nitrogens with one attached hydrogen (secondary N) is 1. The van der Waals surface area contributed by atoms with Crippen molar-refractivity contribution in [1.29, 1.82) is 0 Å². The number of ether oxygens (including phenoxy) is 1. The van der Waals surface area contributed by atoms with Crippen LogP contribution in [0.5, 0.6) is 0 Å². The Morgan fingerprint density at radius 3 is 2.25 bits per heavy atom. The van der Waals surface area contributed by atoms with Crippen molar-refractivity contribution in [2.24, 2.45) is 5.92 Å². The number of carbonyl (C=O) groups excluding carboxylic acids is 1. The number of hydrogen-bond acceptors (Lipinski definition) is 4. The fraction of sp³-hybridized carbons (Fsp3) is 0.696. The normalized spacial score (nSPS) is 20.6. The molecular formula is C23H39NO3Si. The van der Waals surface area contributed by atoms with E-state index in [-0.39, 0.29) is 11.0 Å². The molecule has 1 aromatic carbocycles. The molecule has 0 bridgehead atoms. The molecule has 0 saturated heterocycles. The first-order chi connectivity index (χ1) is 13.1. The first-order valence-corrected chi connectivity index (χ1v) is 13.6. The van der Waals surface area contributed by atoms with E-state index in [1.807, 2.05) is 0 Å². The monoisotopic (exact) mass is 405 g/mol. The van der Waals surface area contributed by atoms with E-state index in [1.165, 1.54) is 12.7 Å². The molecule has 158 valence electrons. The molecule has 28 heavy (non-hydrogen) atoms. The molecule has 1 aliphatic carbocycles. The Morgan fingerprint density at radius 1 is 1.11 bits per heavy atom. The summed E-state index contributed by atoms with van der Waals surface area (Å²) in [4.78, 5) is 11.4.